The maximum atomic E-state index is 11.9. The predicted molar refractivity (Wildman–Crippen MR) is 71.2 cm³/mol. The van der Waals surface area contributed by atoms with Gasteiger partial charge < -0.3 is 16.4 Å². The number of hydrogen-bond donors (Lipinski definition) is 3. The predicted octanol–water partition coefficient (Wildman–Crippen LogP) is 0.832. The number of nitrogen functional groups attached to an aromatic ring is 1. The highest BCUT2D eigenvalue weighted by Crippen LogP contribution is 2.14. The Labute approximate surface area is 107 Å². The van der Waals surface area contributed by atoms with Gasteiger partial charge in [0.2, 0.25) is 5.91 Å². The molecular weight excluding hydrogens is 230 g/mol. The second kappa shape index (κ2) is 6.05. The van der Waals surface area contributed by atoms with Gasteiger partial charge in [-0.2, -0.15) is 0 Å². The van der Waals surface area contributed by atoms with Crippen molar-refractivity contribution in [1.29, 1.82) is 0 Å². The molecule has 5 heteroatoms. The van der Waals surface area contributed by atoms with Crippen LogP contribution in [0.2, 0.25) is 0 Å². The fraction of sp³-hybridized carbons (Fsp3) is 0.385. The lowest BCUT2D eigenvalue weighted by Crippen LogP contribution is -2.40. The van der Waals surface area contributed by atoms with Gasteiger partial charge in [0.05, 0.1) is 6.54 Å². The third-order valence-electron chi connectivity index (χ3n) is 2.48. The summed E-state index contributed by atoms with van der Waals surface area (Å²) in [4.78, 5) is 23.3. The van der Waals surface area contributed by atoms with Gasteiger partial charge in [0, 0.05) is 17.3 Å². The number of nitrogens with one attached hydrogen (secondary N) is 2. The summed E-state index contributed by atoms with van der Waals surface area (Å²) in [7, 11) is 0. The van der Waals surface area contributed by atoms with Gasteiger partial charge in [-0.15, -0.1) is 0 Å². The molecule has 5 nitrogen and oxygen atoms in total. The van der Waals surface area contributed by atoms with E-state index in [-0.39, 0.29) is 24.4 Å². The van der Waals surface area contributed by atoms with Crippen LogP contribution in [0.25, 0.3) is 0 Å². The average Bonchev–Trinajstić information content (AvgIpc) is 2.29. The Morgan fingerprint density at radius 2 is 2.00 bits per heavy atom. The zero-order valence-electron chi connectivity index (χ0n) is 10.9. The van der Waals surface area contributed by atoms with Gasteiger partial charge in [0.25, 0.3) is 5.91 Å². The normalized spacial score (nSPS) is 10.2. The molecule has 1 rings (SSSR count). The Morgan fingerprint density at radius 3 is 2.61 bits per heavy atom. The van der Waals surface area contributed by atoms with Crippen molar-refractivity contribution >= 4 is 17.5 Å². The molecule has 18 heavy (non-hydrogen) atoms. The van der Waals surface area contributed by atoms with Crippen LogP contribution in [0.3, 0.4) is 0 Å². The molecule has 0 unspecified atom stereocenters. The van der Waals surface area contributed by atoms with Crippen LogP contribution >= 0.6 is 0 Å². The Hall–Kier alpha value is -2.04. The minimum absolute atomic E-state index is 0.0365. The van der Waals surface area contributed by atoms with Gasteiger partial charge in [0.1, 0.15) is 0 Å². The maximum absolute atomic E-state index is 11.9. The monoisotopic (exact) mass is 249 g/mol. The van der Waals surface area contributed by atoms with Crippen molar-refractivity contribution in [3.8, 4) is 0 Å². The zero-order chi connectivity index (χ0) is 13.7. The molecule has 0 spiro atoms. The number of benzene rings is 1. The fourth-order valence-electron chi connectivity index (χ4n) is 1.53. The molecule has 1 aromatic carbocycles. The lowest BCUT2D eigenvalue weighted by Gasteiger charge is -2.11. The number of carbonyl (C=O) groups excluding carboxylic acids is 2. The van der Waals surface area contributed by atoms with Crippen molar-refractivity contribution < 1.29 is 9.59 Å². The Balaban J connectivity index is 2.61. The molecule has 0 bridgehead atoms. The van der Waals surface area contributed by atoms with Gasteiger partial charge in [0.15, 0.2) is 0 Å². The molecule has 0 aliphatic carbocycles. The Morgan fingerprint density at radius 1 is 1.33 bits per heavy atom. The van der Waals surface area contributed by atoms with E-state index in [0.717, 1.165) is 5.56 Å². The minimum Gasteiger partial charge on any atom is -0.398 e. The smallest absolute Gasteiger partial charge is 0.252 e. The molecule has 0 fully saturated rings. The first-order chi connectivity index (χ1) is 8.41. The van der Waals surface area contributed by atoms with E-state index in [4.69, 9.17) is 5.73 Å². The van der Waals surface area contributed by atoms with Crippen LogP contribution < -0.4 is 16.4 Å². The van der Waals surface area contributed by atoms with Crippen molar-refractivity contribution in [2.24, 2.45) is 0 Å². The van der Waals surface area contributed by atoms with Crippen molar-refractivity contribution in [3.05, 3.63) is 29.3 Å². The van der Waals surface area contributed by atoms with Gasteiger partial charge in [-0.25, -0.2) is 0 Å². The largest absolute Gasteiger partial charge is 0.398 e. The molecule has 2 amide bonds. The molecule has 98 valence electrons. The van der Waals surface area contributed by atoms with E-state index in [0.29, 0.717) is 11.3 Å². The highest BCUT2D eigenvalue weighted by Gasteiger charge is 2.11. The van der Waals surface area contributed by atoms with Gasteiger partial charge >= 0.3 is 0 Å². The van der Waals surface area contributed by atoms with Gasteiger partial charge in [-0.05, 0) is 38.5 Å². The van der Waals surface area contributed by atoms with E-state index in [9.17, 15) is 9.59 Å². The lowest BCUT2D eigenvalue weighted by molar-refractivity contribution is -0.120. The molecule has 0 heterocycles. The summed E-state index contributed by atoms with van der Waals surface area (Å²) in [6.45, 7) is 5.47. The topological polar surface area (TPSA) is 84.2 Å². The third kappa shape index (κ3) is 3.76. The fourth-order valence-corrected chi connectivity index (χ4v) is 1.53. The zero-order valence-corrected chi connectivity index (χ0v) is 10.9. The maximum Gasteiger partial charge on any atom is 0.252 e. The molecular formula is C13H19N3O2. The van der Waals surface area contributed by atoms with Crippen LogP contribution in [0.5, 0.6) is 0 Å². The molecule has 0 aromatic heterocycles. The molecule has 0 radical (unpaired) electrons. The first-order valence-electron chi connectivity index (χ1n) is 5.84. The Bertz CT molecular complexity index is 456. The molecule has 0 aliphatic heterocycles. The van der Waals surface area contributed by atoms with Crippen molar-refractivity contribution in [2.45, 2.75) is 26.8 Å². The minimum atomic E-state index is -0.293. The highest BCUT2D eigenvalue weighted by molar-refractivity contribution is 5.98. The number of amides is 2. The summed E-state index contributed by atoms with van der Waals surface area (Å²) in [5.74, 6) is -0.501. The average molecular weight is 249 g/mol. The van der Waals surface area contributed by atoms with Crippen molar-refractivity contribution in [2.75, 3.05) is 12.3 Å². The molecule has 0 saturated carbocycles. The summed E-state index contributed by atoms with van der Waals surface area (Å²) >= 11 is 0. The molecule has 0 aliphatic rings. The summed E-state index contributed by atoms with van der Waals surface area (Å²) in [6, 6.07) is 5.19. The van der Waals surface area contributed by atoms with Crippen LogP contribution in [0.4, 0.5) is 5.69 Å². The number of hydrogen-bond acceptors (Lipinski definition) is 3. The molecule has 0 saturated heterocycles. The number of carbonyl (C=O) groups is 2. The number of anilines is 1. The summed E-state index contributed by atoms with van der Waals surface area (Å²) in [5, 5.41) is 5.26. The number of rotatable bonds is 4. The summed E-state index contributed by atoms with van der Waals surface area (Å²) < 4.78 is 0. The van der Waals surface area contributed by atoms with Crippen LogP contribution in [-0.4, -0.2) is 24.4 Å². The first kappa shape index (κ1) is 14.0. The van der Waals surface area contributed by atoms with Gasteiger partial charge in [-0.1, -0.05) is 6.07 Å². The Kier molecular flexibility index (Phi) is 4.71. The second-order valence-electron chi connectivity index (χ2n) is 4.42. The van der Waals surface area contributed by atoms with Crippen molar-refractivity contribution in [3.63, 3.8) is 0 Å². The van der Waals surface area contributed by atoms with Gasteiger partial charge in [-0.3, -0.25) is 9.59 Å². The van der Waals surface area contributed by atoms with E-state index >= 15 is 0 Å². The molecule has 4 N–H and O–H groups in total. The summed E-state index contributed by atoms with van der Waals surface area (Å²) in [5.41, 5.74) is 7.50. The first-order valence-corrected chi connectivity index (χ1v) is 5.84. The van der Waals surface area contributed by atoms with Crippen LogP contribution in [0, 0.1) is 6.92 Å². The summed E-state index contributed by atoms with van der Waals surface area (Å²) in [6.07, 6.45) is 0. The molecule has 0 atom stereocenters. The lowest BCUT2D eigenvalue weighted by atomic mass is 10.1. The van der Waals surface area contributed by atoms with E-state index < -0.39 is 0 Å². The van der Waals surface area contributed by atoms with E-state index in [1.54, 1.807) is 25.1 Å². The van der Waals surface area contributed by atoms with Crippen molar-refractivity contribution in [1.82, 2.24) is 10.6 Å². The van der Waals surface area contributed by atoms with E-state index in [2.05, 4.69) is 10.6 Å². The SMILES string of the molecule is Cc1c(N)cccc1C(=O)NCC(=O)NC(C)C. The van der Waals surface area contributed by atoms with Crippen LogP contribution in [-0.2, 0) is 4.79 Å². The standard InChI is InChI=1S/C13H19N3O2/c1-8(2)16-12(17)7-15-13(18)10-5-4-6-11(14)9(10)3/h4-6,8H,7,14H2,1-3H3,(H,15,18)(H,16,17). The van der Waals surface area contributed by atoms with E-state index in [1.165, 1.54) is 0 Å². The highest BCUT2D eigenvalue weighted by atomic mass is 16.2. The third-order valence-corrected chi connectivity index (χ3v) is 2.48. The second-order valence-corrected chi connectivity index (χ2v) is 4.42. The molecule has 1 aromatic rings. The van der Waals surface area contributed by atoms with Crippen LogP contribution in [0.15, 0.2) is 18.2 Å². The quantitative estimate of drug-likeness (QED) is 0.691. The van der Waals surface area contributed by atoms with E-state index in [1.807, 2.05) is 13.8 Å². The number of nitrogens with two attached hydrogens (primary N) is 1. The van der Waals surface area contributed by atoms with Crippen LogP contribution in [0.1, 0.15) is 29.8 Å².